The summed E-state index contributed by atoms with van der Waals surface area (Å²) in [6.07, 6.45) is 0. The van der Waals surface area contributed by atoms with Gasteiger partial charge >= 0.3 is 0 Å². The van der Waals surface area contributed by atoms with Crippen molar-refractivity contribution in [2.24, 2.45) is 0 Å². The first-order valence-electron chi connectivity index (χ1n) is 6.43. The molecule has 0 heterocycles. The normalized spacial score (nSPS) is 10.3. The molecule has 0 aromatic heterocycles. The second-order valence-electron chi connectivity index (χ2n) is 4.97. The summed E-state index contributed by atoms with van der Waals surface area (Å²) in [4.78, 5) is 14.3. The number of halogens is 2. The number of benzene rings is 2. The Labute approximate surface area is 137 Å². The standard InChI is InChI=1S/C16H16FIN2O/c1-10-4-6-12(9-15(10)20(2)3)19-16(21)13-7-5-11(17)8-14(13)18/h4-9H,1-3H3,(H,19,21). The first-order chi connectivity index (χ1) is 9.88. The van der Waals surface area contributed by atoms with Gasteiger partial charge < -0.3 is 10.2 Å². The third-order valence-electron chi connectivity index (χ3n) is 3.12. The fourth-order valence-corrected chi connectivity index (χ4v) is 2.76. The zero-order valence-electron chi connectivity index (χ0n) is 12.1. The van der Waals surface area contributed by atoms with Gasteiger partial charge in [0.2, 0.25) is 0 Å². The van der Waals surface area contributed by atoms with Gasteiger partial charge in [-0.3, -0.25) is 4.79 Å². The number of carbonyl (C=O) groups is 1. The van der Waals surface area contributed by atoms with Gasteiger partial charge in [0.05, 0.1) is 5.56 Å². The van der Waals surface area contributed by atoms with E-state index in [-0.39, 0.29) is 11.7 Å². The summed E-state index contributed by atoms with van der Waals surface area (Å²) in [5.74, 6) is -0.589. The summed E-state index contributed by atoms with van der Waals surface area (Å²) in [5.41, 5.74) is 3.36. The molecule has 0 aliphatic rings. The Morgan fingerprint density at radius 3 is 2.52 bits per heavy atom. The number of anilines is 2. The van der Waals surface area contributed by atoms with Crippen molar-refractivity contribution in [2.75, 3.05) is 24.3 Å². The Morgan fingerprint density at radius 2 is 1.90 bits per heavy atom. The van der Waals surface area contributed by atoms with Gasteiger partial charge in [0.25, 0.3) is 5.91 Å². The lowest BCUT2D eigenvalue weighted by molar-refractivity contribution is 0.102. The van der Waals surface area contributed by atoms with Crippen molar-refractivity contribution in [1.82, 2.24) is 0 Å². The largest absolute Gasteiger partial charge is 0.377 e. The van der Waals surface area contributed by atoms with Gasteiger partial charge in [0.15, 0.2) is 0 Å². The van der Waals surface area contributed by atoms with Crippen LogP contribution in [0, 0.1) is 16.3 Å². The Hall–Kier alpha value is -1.63. The van der Waals surface area contributed by atoms with Gasteiger partial charge in [-0.1, -0.05) is 6.07 Å². The van der Waals surface area contributed by atoms with Crippen LogP contribution in [-0.4, -0.2) is 20.0 Å². The molecule has 0 saturated heterocycles. The molecule has 5 heteroatoms. The maximum atomic E-state index is 13.1. The van der Waals surface area contributed by atoms with Gasteiger partial charge in [-0.05, 0) is 65.4 Å². The second kappa shape index (κ2) is 6.43. The van der Waals surface area contributed by atoms with Crippen molar-refractivity contribution in [3.05, 3.63) is 56.9 Å². The van der Waals surface area contributed by atoms with Crippen molar-refractivity contribution >= 4 is 39.9 Å². The summed E-state index contributed by atoms with van der Waals surface area (Å²) in [7, 11) is 3.91. The fraction of sp³-hybridized carbons (Fsp3) is 0.188. The minimum absolute atomic E-state index is 0.243. The lowest BCUT2D eigenvalue weighted by atomic mass is 10.1. The number of hydrogen-bond acceptors (Lipinski definition) is 2. The molecule has 0 radical (unpaired) electrons. The smallest absolute Gasteiger partial charge is 0.256 e. The van der Waals surface area contributed by atoms with Crippen molar-refractivity contribution in [1.29, 1.82) is 0 Å². The van der Waals surface area contributed by atoms with Crippen molar-refractivity contribution in [3.63, 3.8) is 0 Å². The zero-order valence-corrected chi connectivity index (χ0v) is 14.2. The predicted octanol–water partition coefficient (Wildman–Crippen LogP) is 4.06. The van der Waals surface area contributed by atoms with E-state index in [0.717, 1.165) is 16.9 Å². The van der Waals surface area contributed by atoms with E-state index in [9.17, 15) is 9.18 Å². The highest BCUT2D eigenvalue weighted by Gasteiger charge is 2.12. The number of amides is 1. The van der Waals surface area contributed by atoms with E-state index in [2.05, 4.69) is 5.32 Å². The molecule has 2 aromatic rings. The minimum atomic E-state index is -0.346. The number of carbonyl (C=O) groups excluding carboxylic acids is 1. The minimum Gasteiger partial charge on any atom is -0.377 e. The zero-order chi connectivity index (χ0) is 15.6. The highest BCUT2D eigenvalue weighted by Crippen LogP contribution is 2.23. The van der Waals surface area contributed by atoms with E-state index in [4.69, 9.17) is 0 Å². The van der Waals surface area contributed by atoms with E-state index >= 15 is 0 Å². The Morgan fingerprint density at radius 1 is 1.19 bits per heavy atom. The molecule has 21 heavy (non-hydrogen) atoms. The number of nitrogens with one attached hydrogen (secondary N) is 1. The molecule has 0 atom stereocenters. The van der Waals surface area contributed by atoms with E-state index in [1.807, 2.05) is 66.7 Å². The highest BCUT2D eigenvalue weighted by atomic mass is 127. The van der Waals surface area contributed by atoms with Crippen LogP contribution < -0.4 is 10.2 Å². The monoisotopic (exact) mass is 398 g/mol. The molecule has 3 nitrogen and oxygen atoms in total. The molecule has 0 spiro atoms. The SMILES string of the molecule is Cc1ccc(NC(=O)c2ccc(F)cc2I)cc1N(C)C. The molecule has 0 unspecified atom stereocenters. The van der Waals surface area contributed by atoms with Crippen LogP contribution in [0.4, 0.5) is 15.8 Å². The summed E-state index contributed by atoms with van der Waals surface area (Å²) in [5, 5.41) is 2.85. The third-order valence-corrected chi connectivity index (χ3v) is 4.02. The first-order valence-corrected chi connectivity index (χ1v) is 7.50. The van der Waals surface area contributed by atoms with Gasteiger partial charge in [-0.2, -0.15) is 0 Å². The molecule has 110 valence electrons. The number of rotatable bonds is 3. The molecular formula is C16H16FIN2O. The van der Waals surface area contributed by atoms with Gasteiger partial charge in [-0.25, -0.2) is 4.39 Å². The van der Waals surface area contributed by atoms with Gasteiger partial charge in [0.1, 0.15) is 5.82 Å². The lowest BCUT2D eigenvalue weighted by Crippen LogP contribution is -2.15. The van der Waals surface area contributed by atoms with Crippen LogP contribution in [-0.2, 0) is 0 Å². The van der Waals surface area contributed by atoms with E-state index in [0.29, 0.717) is 9.13 Å². The van der Waals surface area contributed by atoms with Gasteiger partial charge in [-0.15, -0.1) is 0 Å². The molecule has 0 aliphatic carbocycles. The summed E-state index contributed by atoms with van der Waals surface area (Å²) in [6, 6.07) is 9.86. The Kier molecular flexibility index (Phi) is 4.82. The summed E-state index contributed by atoms with van der Waals surface area (Å²) >= 11 is 1.96. The van der Waals surface area contributed by atoms with Crippen LogP contribution in [0.1, 0.15) is 15.9 Å². The highest BCUT2D eigenvalue weighted by molar-refractivity contribution is 14.1. The predicted molar refractivity (Wildman–Crippen MR) is 92.6 cm³/mol. The van der Waals surface area contributed by atoms with Crippen molar-refractivity contribution in [2.45, 2.75) is 6.92 Å². The average molecular weight is 398 g/mol. The maximum Gasteiger partial charge on any atom is 0.256 e. The first kappa shape index (κ1) is 15.8. The van der Waals surface area contributed by atoms with Crippen molar-refractivity contribution in [3.8, 4) is 0 Å². The molecular weight excluding hydrogens is 382 g/mol. The fourth-order valence-electron chi connectivity index (χ4n) is 2.04. The van der Waals surface area contributed by atoms with Crippen LogP contribution >= 0.6 is 22.6 Å². The molecule has 2 rings (SSSR count). The van der Waals surface area contributed by atoms with Gasteiger partial charge in [0, 0.05) is 29.0 Å². The topological polar surface area (TPSA) is 32.3 Å². The molecule has 2 aromatic carbocycles. The van der Waals surface area contributed by atoms with Crippen LogP contribution in [0.25, 0.3) is 0 Å². The van der Waals surface area contributed by atoms with Crippen LogP contribution in [0.2, 0.25) is 0 Å². The summed E-state index contributed by atoms with van der Waals surface area (Å²) < 4.78 is 13.7. The Balaban J connectivity index is 2.25. The average Bonchev–Trinajstić information content (AvgIpc) is 2.40. The molecule has 0 bridgehead atoms. The molecule has 0 saturated carbocycles. The van der Waals surface area contributed by atoms with Crippen LogP contribution in [0.3, 0.4) is 0 Å². The maximum absolute atomic E-state index is 13.1. The third kappa shape index (κ3) is 3.72. The number of nitrogens with zero attached hydrogens (tertiary/aromatic N) is 1. The van der Waals surface area contributed by atoms with E-state index in [1.54, 1.807) is 0 Å². The van der Waals surface area contributed by atoms with Crippen molar-refractivity contribution < 1.29 is 9.18 Å². The number of hydrogen-bond donors (Lipinski definition) is 1. The molecule has 1 amide bonds. The second-order valence-corrected chi connectivity index (χ2v) is 6.14. The molecule has 0 fully saturated rings. The van der Waals surface area contributed by atoms with E-state index < -0.39 is 0 Å². The van der Waals surface area contributed by atoms with E-state index in [1.165, 1.54) is 18.2 Å². The van der Waals surface area contributed by atoms with Crippen LogP contribution in [0.15, 0.2) is 36.4 Å². The summed E-state index contributed by atoms with van der Waals surface area (Å²) in [6.45, 7) is 2.02. The van der Waals surface area contributed by atoms with Crippen LogP contribution in [0.5, 0.6) is 0 Å². The Bertz CT molecular complexity index is 686. The quantitative estimate of drug-likeness (QED) is 0.792. The number of aryl methyl sites for hydroxylation is 1. The molecule has 1 N–H and O–H groups in total. The molecule has 0 aliphatic heterocycles. The lowest BCUT2D eigenvalue weighted by Gasteiger charge is -2.17.